The summed E-state index contributed by atoms with van der Waals surface area (Å²) in [7, 11) is -1.15. The summed E-state index contributed by atoms with van der Waals surface area (Å²) in [5.41, 5.74) is 2.60. The van der Waals surface area contributed by atoms with Gasteiger partial charge in [0, 0.05) is 36.8 Å². The van der Waals surface area contributed by atoms with E-state index < -0.39 is 9.84 Å². The van der Waals surface area contributed by atoms with E-state index in [1.165, 1.54) is 6.26 Å². The number of carbonyl (C=O) groups is 1. The van der Waals surface area contributed by atoms with E-state index in [2.05, 4.69) is 10.6 Å². The first-order valence-corrected chi connectivity index (χ1v) is 8.95. The zero-order valence-corrected chi connectivity index (χ0v) is 13.3. The third-order valence-corrected chi connectivity index (χ3v) is 4.44. The van der Waals surface area contributed by atoms with Crippen LogP contribution in [0.25, 0.3) is 0 Å². The Kier molecular flexibility index (Phi) is 4.53. The molecule has 0 bridgehead atoms. The van der Waals surface area contributed by atoms with Crippen molar-refractivity contribution >= 4 is 27.1 Å². The molecule has 1 unspecified atom stereocenters. The smallest absolute Gasteiger partial charge is 0.246 e. The molecular weight excluding hydrogens is 290 g/mol. The lowest BCUT2D eigenvalue weighted by molar-refractivity contribution is -0.117. The minimum atomic E-state index is -2.98. The zero-order valence-electron chi connectivity index (χ0n) is 12.5. The topological polar surface area (TPSA) is 78.5 Å². The van der Waals surface area contributed by atoms with E-state index in [9.17, 15) is 13.2 Å². The molecule has 0 spiro atoms. The maximum atomic E-state index is 11.9. The molecular formula is C14H21N3O3S. The van der Waals surface area contributed by atoms with Crippen molar-refractivity contribution in [2.75, 3.05) is 42.4 Å². The van der Waals surface area contributed by atoms with Crippen LogP contribution in [-0.4, -0.2) is 46.5 Å². The van der Waals surface area contributed by atoms with Crippen molar-refractivity contribution in [2.24, 2.45) is 0 Å². The van der Waals surface area contributed by atoms with Gasteiger partial charge >= 0.3 is 0 Å². The molecule has 1 aliphatic rings. The number of sulfone groups is 1. The predicted molar refractivity (Wildman–Crippen MR) is 84.5 cm³/mol. The Bertz CT molecular complexity index is 643. The van der Waals surface area contributed by atoms with Crippen LogP contribution in [0.15, 0.2) is 18.2 Å². The third-order valence-electron chi connectivity index (χ3n) is 3.51. The SMILES string of the molecule is CCNC1C(=O)Nc2cc(N(C)CCS(C)(=O)=O)ccc21. The summed E-state index contributed by atoms with van der Waals surface area (Å²) in [5, 5.41) is 5.99. The highest BCUT2D eigenvalue weighted by Gasteiger charge is 2.29. The van der Waals surface area contributed by atoms with Gasteiger partial charge in [-0.3, -0.25) is 4.79 Å². The second kappa shape index (κ2) is 6.03. The van der Waals surface area contributed by atoms with E-state index in [1.807, 2.05) is 37.1 Å². The predicted octanol–water partition coefficient (Wildman–Crippen LogP) is 0.770. The Morgan fingerprint density at radius 1 is 1.38 bits per heavy atom. The first-order chi connectivity index (χ1) is 9.81. The quantitative estimate of drug-likeness (QED) is 0.811. The van der Waals surface area contributed by atoms with Crippen LogP contribution < -0.4 is 15.5 Å². The molecule has 1 aliphatic heterocycles. The Morgan fingerprint density at radius 3 is 2.71 bits per heavy atom. The number of likely N-dealkylation sites (N-methyl/N-ethyl adjacent to an activating group) is 1. The summed E-state index contributed by atoms with van der Waals surface area (Å²) in [6.45, 7) is 3.09. The molecule has 116 valence electrons. The maximum absolute atomic E-state index is 11.9. The minimum Gasteiger partial charge on any atom is -0.374 e. The number of nitrogens with zero attached hydrogens (tertiary/aromatic N) is 1. The molecule has 0 aliphatic carbocycles. The van der Waals surface area contributed by atoms with E-state index in [4.69, 9.17) is 0 Å². The first-order valence-electron chi connectivity index (χ1n) is 6.89. The fourth-order valence-electron chi connectivity index (χ4n) is 2.33. The van der Waals surface area contributed by atoms with Gasteiger partial charge in [-0.2, -0.15) is 0 Å². The molecule has 1 aromatic carbocycles. The molecule has 2 rings (SSSR count). The average molecular weight is 311 g/mol. The number of rotatable bonds is 6. The molecule has 1 amide bonds. The number of carbonyl (C=O) groups excluding carboxylic acids is 1. The molecule has 1 atom stereocenters. The van der Waals surface area contributed by atoms with E-state index in [-0.39, 0.29) is 17.7 Å². The Morgan fingerprint density at radius 2 is 2.10 bits per heavy atom. The van der Waals surface area contributed by atoms with Crippen molar-refractivity contribution in [3.63, 3.8) is 0 Å². The monoisotopic (exact) mass is 311 g/mol. The largest absolute Gasteiger partial charge is 0.374 e. The van der Waals surface area contributed by atoms with Crippen LogP contribution in [0.4, 0.5) is 11.4 Å². The van der Waals surface area contributed by atoms with Crippen LogP contribution in [-0.2, 0) is 14.6 Å². The number of fused-ring (bicyclic) bond motifs is 1. The zero-order chi connectivity index (χ0) is 15.6. The molecule has 2 N–H and O–H groups in total. The van der Waals surface area contributed by atoms with E-state index >= 15 is 0 Å². The second-order valence-electron chi connectivity index (χ2n) is 5.30. The summed E-state index contributed by atoms with van der Waals surface area (Å²) >= 11 is 0. The molecule has 1 heterocycles. The van der Waals surface area contributed by atoms with Crippen LogP contribution >= 0.6 is 0 Å². The second-order valence-corrected chi connectivity index (χ2v) is 7.56. The Labute approximate surface area is 125 Å². The summed E-state index contributed by atoms with van der Waals surface area (Å²) in [6, 6.07) is 5.39. The lowest BCUT2D eigenvalue weighted by Gasteiger charge is -2.19. The molecule has 0 saturated carbocycles. The molecule has 1 aromatic rings. The van der Waals surface area contributed by atoms with Gasteiger partial charge in [0.1, 0.15) is 15.9 Å². The number of hydrogen-bond acceptors (Lipinski definition) is 5. The van der Waals surface area contributed by atoms with Gasteiger partial charge in [-0.1, -0.05) is 13.0 Å². The maximum Gasteiger partial charge on any atom is 0.246 e. The van der Waals surface area contributed by atoms with Crippen LogP contribution in [0, 0.1) is 0 Å². The molecule has 21 heavy (non-hydrogen) atoms. The van der Waals surface area contributed by atoms with Gasteiger partial charge in [-0.05, 0) is 18.7 Å². The number of benzene rings is 1. The van der Waals surface area contributed by atoms with Crippen LogP contribution in [0.3, 0.4) is 0 Å². The molecule has 0 fully saturated rings. The number of amides is 1. The lowest BCUT2D eigenvalue weighted by atomic mass is 10.1. The van der Waals surface area contributed by atoms with Crippen LogP contribution in [0.1, 0.15) is 18.5 Å². The molecule has 0 saturated heterocycles. The minimum absolute atomic E-state index is 0.0530. The average Bonchev–Trinajstić information content (AvgIpc) is 2.71. The fourth-order valence-corrected chi connectivity index (χ4v) is 2.93. The van der Waals surface area contributed by atoms with Gasteiger partial charge in [0.05, 0.1) is 5.75 Å². The van der Waals surface area contributed by atoms with Crippen molar-refractivity contribution in [1.29, 1.82) is 0 Å². The van der Waals surface area contributed by atoms with Crippen molar-refractivity contribution in [1.82, 2.24) is 5.32 Å². The molecule has 0 radical (unpaired) electrons. The molecule has 7 heteroatoms. The summed E-state index contributed by atoms with van der Waals surface area (Å²) in [5.74, 6) is 0.0512. The van der Waals surface area contributed by atoms with Crippen molar-refractivity contribution in [3.8, 4) is 0 Å². The van der Waals surface area contributed by atoms with Gasteiger partial charge in [0.15, 0.2) is 0 Å². The summed E-state index contributed by atoms with van der Waals surface area (Å²) in [4.78, 5) is 13.8. The standard InChI is InChI=1S/C14H21N3O3S/c1-4-15-13-11-6-5-10(9-12(11)16-14(13)18)17(2)7-8-21(3,19)20/h5-6,9,13,15H,4,7-8H2,1-3H3,(H,16,18). The van der Waals surface area contributed by atoms with Gasteiger partial charge < -0.3 is 15.5 Å². The number of hydrogen-bond donors (Lipinski definition) is 2. The number of nitrogens with one attached hydrogen (secondary N) is 2. The number of anilines is 2. The Hall–Kier alpha value is -1.60. The van der Waals surface area contributed by atoms with Gasteiger partial charge in [0.25, 0.3) is 0 Å². The highest BCUT2D eigenvalue weighted by Crippen LogP contribution is 2.33. The van der Waals surface area contributed by atoms with Gasteiger partial charge in [0.2, 0.25) is 5.91 Å². The Balaban J connectivity index is 2.15. The van der Waals surface area contributed by atoms with Crippen molar-refractivity contribution in [2.45, 2.75) is 13.0 Å². The highest BCUT2D eigenvalue weighted by atomic mass is 32.2. The summed E-state index contributed by atoms with van der Waals surface area (Å²) < 4.78 is 22.4. The van der Waals surface area contributed by atoms with Crippen LogP contribution in [0.5, 0.6) is 0 Å². The third kappa shape index (κ3) is 3.74. The first kappa shape index (κ1) is 15.8. The van der Waals surface area contributed by atoms with Crippen LogP contribution in [0.2, 0.25) is 0 Å². The molecule has 6 nitrogen and oxygen atoms in total. The van der Waals surface area contributed by atoms with E-state index in [0.717, 1.165) is 16.9 Å². The van der Waals surface area contributed by atoms with E-state index in [1.54, 1.807) is 0 Å². The lowest BCUT2D eigenvalue weighted by Crippen LogP contribution is -2.27. The van der Waals surface area contributed by atoms with Crippen molar-refractivity contribution in [3.05, 3.63) is 23.8 Å². The molecule has 0 aromatic heterocycles. The highest BCUT2D eigenvalue weighted by molar-refractivity contribution is 7.90. The normalized spacial score (nSPS) is 17.5. The van der Waals surface area contributed by atoms with Crippen molar-refractivity contribution < 1.29 is 13.2 Å². The van der Waals surface area contributed by atoms with Gasteiger partial charge in [-0.25, -0.2) is 8.42 Å². The fraction of sp³-hybridized carbons (Fsp3) is 0.500. The van der Waals surface area contributed by atoms with E-state index in [0.29, 0.717) is 13.1 Å². The summed E-state index contributed by atoms with van der Waals surface area (Å²) in [6.07, 6.45) is 1.23. The van der Waals surface area contributed by atoms with Gasteiger partial charge in [-0.15, -0.1) is 0 Å².